The van der Waals surface area contributed by atoms with Crippen LogP contribution < -0.4 is 0 Å². The maximum atomic E-state index is 6.40. The molecule has 1 rings (SSSR count). The molecule has 0 aromatic rings. The van der Waals surface area contributed by atoms with Crippen LogP contribution in [0.25, 0.3) is 0 Å². The van der Waals surface area contributed by atoms with Crippen LogP contribution in [-0.2, 0) is 14.2 Å². The van der Waals surface area contributed by atoms with Crippen LogP contribution in [0.4, 0.5) is 0 Å². The molecule has 0 aromatic carbocycles. The standard InChI is InChI=1S/C23H46O3/c1-8-10-11-12-13-14-15-21(16-23(9-2)17-24-18-23)22(7,25-19(3)4)26-20(5)6/h19-21H,8-18H2,1-7H3. The number of unbranched alkanes of at least 4 members (excludes halogenated alkanes) is 5. The van der Waals surface area contributed by atoms with E-state index in [-0.39, 0.29) is 12.2 Å². The Morgan fingerprint density at radius 2 is 1.42 bits per heavy atom. The van der Waals surface area contributed by atoms with E-state index in [1.54, 1.807) is 0 Å². The van der Waals surface area contributed by atoms with Crippen LogP contribution >= 0.6 is 0 Å². The molecule has 0 bridgehead atoms. The predicted octanol–water partition coefficient (Wildman–Crippen LogP) is 6.74. The second-order valence-electron chi connectivity index (χ2n) is 9.15. The number of rotatable bonds is 15. The number of ether oxygens (including phenoxy) is 3. The average Bonchev–Trinajstić information content (AvgIpc) is 2.50. The first-order valence-electron chi connectivity index (χ1n) is 11.2. The molecule has 1 unspecified atom stereocenters. The molecule has 156 valence electrons. The van der Waals surface area contributed by atoms with Crippen LogP contribution in [0.3, 0.4) is 0 Å². The Bertz CT molecular complexity index is 345. The van der Waals surface area contributed by atoms with Gasteiger partial charge in [-0.1, -0.05) is 52.4 Å². The van der Waals surface area contributed by atoms with Gasteiger partial charge in [-0.25, -0.2) is 0 Å². The van der Waals surface area contributed by atoms with E-state index >= 15 is 0 Å². The predicted molar refractivity (Wildman–Crippen MR) is 110 cm³/mol. The van der Waals surface area contributed by atoms with Crippen molar-refractivity contribution in [2.24, 2.45) is 11.3 Å². The molecular weight excluding hydrogens is 324 g/mol. The number of hydrogen-bond acceptors (Lipinski definition) is 3. The molecular formula is C23H46O3. The van der Waals surface area contributed by atoms with Gasteiger partial charge < -0.3 is 14.2 Å². The Hall–Kier alpha value is -0.120. The third kappa shape index (κ3) is 7.86. The lowest BCUT2D eigenvalue weighted by Gasteiger charge is -2.48. The minimum absolute atomic E-state index is 0.168. The molecule has 26 heavy (non-hydrogen) atoms. The Kier molecular flexibility index (Phi) is 10.7. The minimum Gasteiger partial charge on any atom is -0.380 e. The Morgan fingerprint density at radius 3 is 1.85 bits per heavy atom. The molecule has 1 heterocycles. The van der Waals surface area contributed by atoms with Gasteiger partial charge in [0.15, 0.2) is 5.79 Å². The summed E-state index contributed by atoms with van der Waals surface area (Å²) in [4.78, 5) is 0. The Balaban J connectivity index is 2.78. The van der Waals surface area contributed by atoms with Crippen molar-refractivity contribution in [1.82, 2.24) is 0 Å². The first-order chi connectivity index (χ1) is 12.3. The SMILES string of the molecule is CCCCCCCCC(CC1(CC)COC1)C(C)(OC(C)C)OC(C)C. The average molecular weight is 371 g/mol. The van der Waals surface area contributed by atoms with E-state index in [1.807, 2.05) is 0 Å². The lowest BCUT2D eigenvalue weighted by molar-refractivity contribution is -0.295. The first-order valence-corrected chi connectivity index (χ1v) is 11.2. The first kappa shape index (κ1) is 23.9. The van der Waals surface area contributed by atoms with E-state index in [0.717, 1.165) is 19.6 Å². The minimum atomic E-state index is -0.510. The molecule has 0 spiro atoms. The third-order valence-electron chi connectivity index (χ3n) is 5.83. The van der Waals surface area contributed by atoms with E-state index in [9.17, 15) is 0 Å². The van der Waals surface area contributed by atoms with Crippen molar-refractivity contribution < 1.29 is 14.2 Å². The van der Waals surface area contributed by atoms with Gasteiger partial charge in [-0.3, -0.25) is 0 Å². The fraction of sp³-hybridized carbons (Fsp3) is 1.00. The summed E-state index contributed by atoms with van der Waals surface area (Å²) in [6, 6.07) is 0. The molecule has 1 atom stereocenters. The second-order valence-corrected chi connectivity index (χ2v) is 9.15. The lowest BCUT2D eigenvalue weighted by atomic mass is 9.72. The molecule has 0 radical (unpaired) electrons. The van der Waals surface area contributed by atoms with Gasteiger partial charge in [-0.05, 0) is 53.9 Å². The summed E-state index contributed by atoms with van der Waals surface area (Å²) in [6.45, 7) is 17.0. The van der Waals surface area contributed by atoms with Gasteiger partial charge in [0.2, 0.25) is 0 Å². The zero-order valence-corrected chi connectivity index (χ0v) is 18.7. The molecule has 1 aliphatic heterocycles. The van der Waals surface area contributed by atoms with Crippen LogP contribution in [-0.4, -0.2) is 31.2 Å². The van der Waals surface area contributed by atoms with E-state index < -0.39 is 5.79 Å². The third-order valence-corrected chi connectivity index (χ3v) is 5.83. The van der Waals surface area contributed by atoms with Crippen molar-refractivity contribution in [2.75, 3.05) is 13.2 Å². The molecule has 0 amide bonds. The lowest BCUT2D eigenvalue weighted by Crippen LogP contribution is -2.50. The molecule has 1 fully saturated rings. The highest BCUT2D eigenvalue weighted by molar-refractivity contribution is 4.90. The van der Waals surface area contributed by atoms with Gasteiger partial charge in [0.25, 0.3) is 0 Å². The number of hydrogen-bond donors (Lipinski definition) is 0. The highest BCUT2D eigenvalue weighted by atomic mass is 16.7. The van der Waals surface area contributed by atoms with E-state index in [4.69, 9.17) is 14.2 Å². The summed E-state index contributed by atoms with van der Waals surface area (Å²) in [5, 5.41) is 0. The van der Waals surface area contributed by atoms with Gasteiger partial charge in [0.1, 0.15) is 0 Å². The molecule has 3 heteroatoms. The van der Waals surface area contributed by atoms with Crippen molar-refractivity contribution in [3.8, 4) is 0 Å². The van der Waals surface area contributed by atoms with Crippen molar-refractivity contribution in [2.45, 2.75) is 124 Å². The maximum absolute atomic E-state index is 6.40. The zero-order chi connectivity index (χ0) is 19.6. The van der Waals surface area contributed by atoms with Crippen LogP contribution in [0.15, 0.2) is 0 Å². The smallest absolute Gasteiger partial charge is 0.168 e. The van der Waals surface area contributed by atoms with Crippen molar-refractivity contribution in [3.63, 3.8) is 0 Å². The second kappa shape index (κ2) is 11.7. The van der Waals surface area contributed by atoms with Crippen LogP contribution in [0.5, 0.6) is 0 Å². The fourth-order valence-electron chi connectivity index (χ4n) is 4.26. The summed E-state index contributed by atoms with van der Waals surface area (Å²) in [5.74, 6) is -0.0916. The van der Waals surface area contributed by atoms with Gasteiger partial charge in [-0.2, -0.15) is 0 Å². The highest BCUT2D eigenvalue weighted by Crippen LogP contribution is 2.44. The fourth-order valence-corrected chi connectivity index (χ4v) is 4.26. The molecule has 1 aliphatic rings. The van der Waals surface area contributed by atoms with Crippen LogP contribution in [0.2, 0.25) is 0 Å². The van der Waals surface area contributed by atoms with E-state index in [1.165, 1.54) is 51.4 Å². The summed E-state index contributed by atoms with van der Waals surface area (Å²) >= 11 is 0. The van der Waals surface area contributed by atoms with Crippen molar-refractivity contribution in [1.29, 1.82) is 0 Å². The maximum Gasteiger partial charge on any atom is 0.168 e. The van der Waals surface area contributed by atoms with E-state index in [2.05, 4.69) is 48.5 Å². The van der Waals surface area contributed by atoms with Gasteiger partial charge >= 0.3 is 0 Å². The summed E-state index contributed by atoms with van der Waals surface area (Å²) in [6.07, 6.45) is 11.8. The Morgan fingerprint density at radius 1 is 0.885 bits per heavy atom. The quantitative estimate of drug-likeness (QED) is 0.236. The highest BCUT2D eigenvalue weighted by Gasteiger charge is 2.46. The molecule has 1 saturated heterocycles. The zero-order valence-electron chi connectivity index (χ0n) is 18.7. The van der Waals surface area contributed by atoms with Crippen LogP contribution in [0.1, 0.15) is 106 Å². The van der Waals surface area contributed by atoms with Gasteiger partial charge in [0, 0.05) is 11.3 Å². The van der Waals surface area contributed by atoms with Crippen molar-refractivity contribution >= 4 is 0 Å². The van der Waals surface area contributed by atoms with Gasteiger partial charge in [-0.15, -0.1) is 0 Å². The molecule has 0 aliphatic carbocycles. The largest absolute Gasteiger partial charge is 0.380 e. The summed E-state index contributed by atoms with van der Waals surface area (Å²) in [7, 11) is 0. The van der Waals surface area contributed by atoms with Crippen molar-refractivity contribution in [3.05, 3.63) is 0 Å². The normalized spacial score (nSPS) is 18.3. The molecule has 0 saturated carbocycles. The molecule has 3 nitrogen and oxygen atoms in total. The van der Waals surface area contributed by atoms with E-state index in [0.29, 0.717) is 11.3 Å². The summed E-state index contributed by atoms with van der Waals surface area (Å²) < 4.78 is 18.4. The molecule has 0 N–H and O–H groups in total. The molecule has 0 aromatic heterocycles. The van der Waals surface area contributed by atoms with Crippen LogP contribution in [0, 0.1) is 11.3 Å². The Labute approximate surface area is 163 Å². The van der Waals surface area contributed by atoms with Gasteiger partial charge in [0.05, 0.1) is 25.4 Å². The topological polar surface area (TPSA) is 27.7 Å². The monoisotopic (exact) mass is 370 g/mol. The summed E-state index contributed by atoms with van der Waals surface area (Å²) in [5.41, 5.74) is 0.328.